The van der Waals surface area contributed by atoms with Crippen LogP contribution in [0.3, 0.4) is 0 Å². The molecule has 2 aromatic carbocycles. The smallest absolute Gasteiger partial charge is 0.228 e. The summed E-state index contributed by atoms with van der Waals surface area (Å²) in [6.45, 7) is 10.3. The number of rotatable bonds is 10. The Morgan fingerprint density at radius 1 is 0.973 bits per heavy atom. The molecule has 0 radical (unpaired) electrons. The van der Waals surface area contributed by atoms with E-state index in [1.807, 2.05) is 36.4 Å². The molecule has 1 amide bonds. The van der Waals surface area contributed by atoms with Gasteiger partial charge in [-0.3, -0.25) is 4.79 Å². The van der Waals surface area contributed by atoms with Crippen molar-refractivity contribution in [3.8, 4) is 22.6 Å². The number of aromatic nitrogens is 5. The van der Waals surface area contributed by atoms with E-state index in [9.17, 15) is 9.18 Å². The number of carbonyl (C=O) groups is 1. The van der Waals surface area contributed by atoms with Crippen molar-refractivity contribution in [3.63, 3.8) is 0 Å². The number of nitrogens with zero attached hydrogens (tertiary/aromatic N) is 5. The van der Waals surface area contributed by atoms with Crippen LogP contribution in [0.1, 0.15) is 33.3 Å². The number of aromatic amines is 1. The topological polar surface area (TPSA) is 99.7 Å². The van der Waals surface area contributed by atoms with Crippen LogP contribution in [0.2, 0.25) is 0 Å². The molecule has 0 spiro atoms. The largest absolute Gasteiger partial charge is 0.356 e. The lowest BCUT2D eigenvalue weighted by molar-refractivity contribution is -0.115. The van der Waals surface area contributed by atoms with Crippen molar-refractivity contribution in [1.82, 2.24) is 25.6 Å². The van der Waals surface area contributed by atoms with Crippen LogP contribution in [0.4, 0.5) is 15.9 Å². The number of nitrogens with one attached hydrogen (secondary N) is 2. The normalized spacial score (nSPS) is 11.2. The number of pyridine rings is 1. The van der Waals surface area contributed by atoms with Gasteiger partial charge in [0.15, 0.2) is 0 Å². The first-order valence-corrected chi connectivity index (χ1v) is 12.4. The van der Waals surface area contributed by atoms with Crippen molar-refractivity contribution in [2.24, 2.45) is 11.8 Å². The number of carbonyl (C=O) groups excluding carboxylic acids is 1. The first kappa shape index (κ1) is 25.9. The zero-order valence-corrected chi connectivity index (χ0v) is 21.6. The minimum Gasteiger partial charge on any atom is -0.356 e. The van der Waals surface area contributed by atoms with Crippen LogP contribution in [0.25, 0.3) is 22.6 Å². The summed E-state index contributed by atoms with van der Waals surface area (Å²) in [6.07, 6.45) is -0.0686. The summed E-state index contributed by atoms with van der Waals surface area (Å²) in [5, 5.41) is 17.4. The molecule has 2 heterocycles. The molecule has 0 saturated carbocycles. The fourth-order valence-electron chi connectivity index (χ4n) is 4.23. The highest BCUT2D eigenvalue weighted by Gasteiger charge is 2.18. The van der Waals surface area contributed by atoms with Gasteiger partial charge in [-0.15, -0.1) is 10.2 Å². The molecule has 0 atom stereocenters. The molecule has 0 aliphatic rings. The van der Waals surface area contributed by atoms with E-state index in [0.29, 0.717) is 34.6 Å². The molecule has 9 heteroatoms. The number of hydrogen-bond donors (Lipinski definition) is 2. The van der Waals surface area contributed by atoms with Gasteiger partial charge in [0, 0.05) is 36.0 Å². The monoisotopic (exact) mass is 501 g/mol. The summed E-state index contributed by atoms with van der Waals surface area (Å²) in [5.74, 6) is 1.32. The molecule has 0 unspecified atom stereocenters. The minimum absolute atomic E-state index is 0.0686. The quantitative estimate of drug-likeness (QED) is 0.303. The van der Waals surface area contributed by atoms with Crippen molar-refractivity contribution in [3.05, 3.63) is 72.0 Å². The van der Waals surface area contributed by atoms with Crippen LogP contribution in [0, 0.1) is 17.7 Å². The molecular weight excluding hydrogens is 469 g/mol. The summed E-state index contributed by atoms with van der Waals surface area (Å²) in [7, 11) is 0. The number of amides is 1. The van der Waals surface area contributed by atoms with Crippen molar-refractivity contribution >= 4 is 17.4 Å². The van der Waals surface area contributed by atoms with Crippen LogP contribution in [-0.2, 0) is 11.2 Å². The Morgan fingerprint density at radius 2 is 1.65 bits per heavy atom. The maximum atomic E-state index is 14.1. The Hall–Kier alpha value is -4.14. The first-order valence-electron chi connectivity index (χ1n) is 12.4. The maximum Gasteiger partial charge on any atom is 0.228 e. The lowest BCUT2D eigenvalue weighted by Gasteiger charge is -2.28. The van der Waals surface area contributed by atoms with Crippen LogP contribution < -0.4 is 10.2 Å². The van der Waals surface area contributed by atoms with E-state index in [1.165, 1.54) is 6.07 Å². The van der Waals surface area contributed by atoms with Gasteiger partial charge >= 0.3 is 0 Å². The van der Waals surface area contributed by atoms with Crippen molar-refractivity contribution in [2.75, 3.05) is 23.3 Å². The van der Waals surface area contributed by atoms with Gasteiger partial charge in [-0.25, -0.2) is 9.37 Å². The van der Waals surface area contributed by atoms with Crippen molar-refractivity contribution < 1.29 is 9.18 Å². The van der Waals surface area contributed by atoms with E-state index in [-0.39, 0.29) is 12.3 Å². The Kier molecular flexibility index (Phi) is 8.22. The van der Waals surface area contributed by atoms with E-state index in [2.05, 4.69) is 58.5 Å². The highest BCUT2D eigenvalue weighted by atomic mass is 19.1. The Bertz CT molecular complexity index is 1330. The predicted octanol–water partition coefficient (Wildman–Crippen LogP) is 5.37. The third-order valence-corrected chi connectivity index (χ3v) is 5.69. The second-order valence-electron chi connectivity index (χ2n) is 9.89. The maximum absolute atomic E-state index is 14.1. The molecule has 192 valence electrons. The fourth-order valence-corrected chi connectivity index (χ4v) is 4.23. The van der Waals surface area contributed by atoms with E-state index >= 15 is 0 Å². The average molecular weight is 502 g/mol. The summed E-state index contributed by atoms with van der Waals surface area (Å²) in [4.78, 5) is 20.2. The van der Waals surface area contributed by atoms with E-state index in [0.717, 1.165) is 30.0 Å². The predicted molar refractivity (Wildman–Crippen MR) is 143 cm³/mol. The SMILES string of the molecule is CC(C)CN(CC(C)C)c1cc(NC(=O)Cc2ccccc2F)cc(-c2ccccc2-c2nn[nH]n2)n1. The summed E-state index contributed by atoms with van der Waals surface area (Å²) >= 11 is 0. The Morgan fingerprint density at radius 3 is 2.30 bits per heavy atom. The Labute approximate surface area is 216 Å². The molecule has 0 fully saturated rings. The van der Waals surface area contributed by atoms with E-state index in [4.69, 9.17) is 4.98 Å². The van der Waals surface area contributed by atoms with Crippen LogP contribution in [-0.4, -0.2) is 44.6 Å². The van der Waals surface area contributed by atoms with Gasteiger partial charge < -0.3 is 10.2 Å². The van der Waals surface area contributed by atoms with Gasteiger partial charge in [0.25, 0.3) is 0 Å². The summed E-state index contributed by atoms with van der Waals surface area (Å²) < 4.78 is 14.1. The molecule has 8 nitrogen and oxygen atoms in total. The van der Waals surface area contributed by atoms with Crippen LogP contribution >= 0.6 is 0 Å². The third kappa shape index (κ3) is 6.75. The van der Waals surface area contributed by atoms with Gasteiger partial charge in [0.05, 0.1) is 12.1 Å². The minimum atomic E-state index is -0.400. The highest BCUT2D eigenvalue weighted by molar-refractivity contribution is 5.93. The second kappa shape index (κ2) is 11.7. The third-order valence-electron chi connectivity index (χ3n) is 5.69. The fraction of sp³-hybridized carbons (Fsp3) is 0.321. The zero-order valence-electron chi connectivity index (χ0n) is 21.6. The molecule has 0 saturated heterocycles. The number of hydrogen-bond acceptors (Lipinski definition) is 6. The standard InChI is InChI=1S/C28H32FN7O/c1-18(2)16-36(17-19(3)4)26-15-21(30-27(37)13-20-9-5-8-12-24(20)29)14-25(31-26)22-10-6-7-11-23(22)28-32-34-35-33-28/h5-12,14-15,18-19H,13,16-17H2,1-4H3,(H,30,31,37)(H,32,33,34,35). The van der Waals surface area contributed by atoms with E-state index < -0.39 is 5.82 Å². The number of halogens is 1. The number of anilines is 2. The van der Waals surface area contributed by atoms with Crippen LogP contribution in [0.15, 0.2) is 60.7 Å². The second-order valence-corrected chi connectivity index (χ2v) is 9.89. The van der Waals surface area contributed by atoms with E-state index in [1.54, 1.807) is 18.2 Å². The van der Waals surface area contributed by atoms with Crippen molar-refractivity contribution in [1.29, 1.82) is 0 Å². The molecular formula is C28H32FN7O. The lowest BCUT2D eigenvalue weighted by atomic mass is 10.0. The Balaban J connectivity index is 1.76. The van der Waals surface area contributed by atoms with Crippen molar-refractivity contribution in [2.45, 2.75) is 34.1 Å². The van der Waals surface area contributed by atoms with Gasteiger partial charge in [-0.1, -0.05) is 70.2 Å². The average Bonchev–Trinajstić information content (AvgIpc) is 3.39. The van der Waals surface area contributed by atoms with Gasteiger partial charge in [0.1, 0.15) is 11.6 Å². The molecule has 0 aliphatic carbocycles. The first-order chi connectivity index (χ1) is 17.8. The zero-order chi connectivity index (χ0) is 26.4. The number of tetrazole rings is 1. The van der Waals surface area contributed by atoms with Gasteiger partial charge in [-0.05, 0) is 34.7 Å². The van der Waals surface area contributed by atoms with Gasteiger partial charge in [-0.2, -0.15) is 5.21 Å². The molecule has 0 bridgehead atoms. The van der Waals surface area contributed by atoms with Crippen LogP contribution in [0.5, 0.6) is 0 Å². The highest BCUT2D eigenvalue weighted by Crippen LogP contribution is 2.32. The molecule has 0 aliphatic heterocycles. The molecule has 4 aromatic rings. The molecule has 37 heavy (non-hydrogen) atoms. The lowest BCUT2D eigenvalue weighted by Crippen LogP contribution is -2.32. The number of benzene rings is 2. The molecule has 4 rings (SSSR count). The molecule has 2 aromatic heterocycles. The molecule has 2 N–H and O–H groups in total. The number of H-pyrrole nitrogens is 1. The summed E-state index contributed by atoms with van der Waals surface area (Å²) in [5.41, 5.74) is 3.17. The van der Waals surface area contributed by atoms with Gasteiger partial charge in [0.2, 0.25) is 11.7 Å². The summed E-state index contributed by atoms with van der Waals surface area (Å²) in [6, 6.07) is 17.7.